The topological polar surface area (TPSA) is 78.8 Å². The number of hydrogen-bond acceptors (Lipinski definition) is 4. The molecule has 0 aromatic heterocycles. The van der Waals surface area contributed by atoms with Crippen LogP contribution in [-0.4, -0.2) is 33.3 Å². The molecule has 26 heavy (non-hydrogen) atoms. The van der Waals surface area contributed by atoms with Crippen LogP contribution in [0.15, 0.2) is 47.6 Å². The normalized spacial score (nSPS) is 11.5. The van der Waals surface area contributed by atoms with Gasteiger partial charge in [-0.15, -0.1) is 0 Å². The number of carbonyl (C=O) groups excluding carboxylic acids is 1. The first-order valence-corrected chi connectivity index (χ1v) is 10.1. The number of hydrazone groups is 1. The Morgan fingerprint density at radius 1 is 1.15 bits per heavy atom. The molecule has 0 saturated heterocycles. The molecular weight excluding hydrogens is 397 g/mol. The highest BCUT2D eigenvalue weighted by molar-refractivity contribution is 7.92. The summed E-state index contributed by atoms with van der Waals surface area (Å²) in [6.45, 7) is 1.25. The van der Waals surface area contributed by atoms with Gasteiger partial charge in [0.15, 0.2) is 0 Å². The smallest absolute Gasteiger partial charge is 0.260 e. The number of nitrogens with zero attached hydrogens (tertiary/aromatic N) is 2. The molecule has 2 aromatic carbocycles. The van der Waals surface area contributed by atoms with Crippen molar-refractivity contribution in [2.24, 2.45) is 5.10 Å². The minimum absolute atomic E-state index is 0.338. The summed E-state index contributed by atoms with van der Waals surface area (Å²) in [5.74, 6) is -0.599. The highest BCUT2D eigenvalue weighted by Gasteiger charge is 2.22. The van der Waals surface area contributed by atoms with E-state index in [2.05, 4.69) is 10.5 Å². The Kier molecular flexibility index (Phi) is 6.63. The van der Waals surface area contributed by atoms with Crippen molar-refractivity contribution in [2.45, 2.75) is 6.92 Å². The number of amides is 1. The van der Waals surface area contributed by atoms with Crippen molar-refractivity contribution in [1.82, 2.24) is 5.43 Å². The Hall–Kier alpha value is -2.09. The minimum Gasteiger partial charge on any atom is -0.271 e. The second-order valence-electron chi connectivity index (χ2n) is 5.47. The summed E-state index contributed by atoms with van der Waals surface area (Å²) in [4.78, 5) is 12.1. The summed E-state index contributed by atoms with van der Waals surface area (Å²) in [7, 11) is -3.70. The highest BCUT2D eigenvalue weighted by atomic mass is 35.5. The van der Waals surface area contributed by atoms with E-state index in [1.807, 2.05) is 0 Å². The number of carbonyl (C=O) groups is 1. The first kappa shape index (κ1) is 20.2. The number of anilines is 1. The van der Waals surface area contributed by atoms with Crippen molar-refractivity contribution in [3.05, 3.63) is 63.6 Å². The van der Waals surface area contributed by atoms with Gasteiger partial charge >= 0.3 is 0 Å². The molecule has 0 aliphatic carbocycles. The van der Waals surface area contributed by atoms with Gasteiger partial charge in [0.2, 0.25) is 10.0 Å². The molecule has 0 heterocycles. The molecule has 2 rings (SSSR count). The molecule has 2 aromatic rings. The van der Waals surface area contributed by atoms with E-state index in [1.54, 1.807) is 49.4 Å². The molecule has 0 bridgehead atoms. The van der Waals surface area contributed by atoms with Gasteiger partial charge in [0.1, 0.15) is 6.54 Å². The predicted molar refractivity (Wildman–Crippen MR) is 106 cm³/mol. The molecule has 1 amide bonds. The Balaban J connectivity index is 2.15. The standard InChI is InChI=1S/C17H17Cl2N3O3S/c1-12-14(18)8-5-9-16(12)22(26(2,24)25)11-17(23)21-20-10-13-6-3-4-7-15(13)19/h3-10H,11H2,1-2H3,(H,21,23)/b20-10-. The summed E-state index contributed by atoms with van der Waals surface area (Å²) in [5.41, 5.74) is 3.82. The zero-order chi connectivity index (χ0) is 19.3. The molecule has 0 aliphatic heterocycles. The van der Waals surface area contributed by atoms with Crippen LogP contribution in [0.1, 0.15) is 11.1 Å². The third-order valence-corrected chi connectivity index (χ3v) is 5.37. The van der Waals surface area contributed by atoms with Gasteiger partial charge < -0.3 is 0 Å². The van der Waals surface area contributed by atoms with Crippen molar-refractivity contribution in [3.8, 4) is 0 Å². The Bertz CT molecular complexity index is 946. The van der Waals surface area contributed by atoms with Crippen molar-refractivity contribution in [1.29, 1.82) is 0 Å². The summed E-state index contributed by atoms with van der Waals surface area (Å²) < 4.78 is 25.2. The van der Waals surface area contributed by atoms with E-state index in [-0.39, 0.29) is 0 Å². The van der Waals surface area contributed by atoms with E-state index in [0.717, 1.165) is 10.6 Å². The van der Waals surface area contributed by atoms with Gasteiger partial charge in [0.25, 0.3) is 5.91 Å². The predicted octanol–water partition coefficient (Wildman–Crippen LogP) is 3.22. The van der Waals surface area contributed by atoms with Gasteiger partial charge in [0.05, 0.1) is 18.2 Å². The van der Waals surface area contributed by atoms with Gasteiger partial charge in [-0.05, 0) is 30.7 Å². The van der Waals surface area contributed by atoms with Crippen LogP contribution in [0.2, 0.25) is 10.0 Å². The third kappa shape index (κ3) is 5.20. The van der Waals surface area contributed by atoms with Gasteiger partial charge in [-0.1, -0.05) is 47.5 Å². The zero-order valence-corrected chi connectivity index (χ0v) is 16.4. The summed E-state index contributed by atoms with van der Waals surface area (Å²) >= 11 is 12.0. The second kappa shape index (κ2) is 8.53. The first-order valence-electron chi connectivity index (χ1n) is 7.49. The molecule has 0 fully saturated rings. The molecule has 0 radical (unpaired) electrons. The maximum absolute atomic E-state index is 12.1. The largest absolute Gasteiger partial charge is 0.271 e. The lowest BCUT2D eigenvalue weighted by molar-refractivity contribution is -0.119. The van der Waals surface area contributed by atoms with E-state index in [0.29, 0.717) is 26.9 Å². The molecule has 0 atom stereocenters. The quantitative estimate of drug-likeness (QED) is 0.583. The van der Waals surface area contributed by atoms with Crippen LogP contribution < -0.4 is 9.73 Å². The summed E-state index contributed by atoms with van der Waals surface area (Å²) in [6.07, 6.45) is 2.41. The van der Waals surface area contributed by atoms with Crippen LogP contribution in [0.4, 0.5) is 5.69 Å². The fourth-order valence-electron chi connectivity index (χ4n) is 2.17. The maximum Gasteiger partial charge on any atom is 0.260 e. The van der Waals surface area contributed by atoms with Gasteiger partial charge in [-0.25, -0.2) is 13.8 Å². The van der Waals surface area contributed by atoms with Crippen LogP contribution in [0.3, 0.4) is 0 Å². The number of sulfonamides is 1. The van der Waals surface area contributed by atoms with Crippen LogP contribution in [0.5, 0.6) is 0 Å². The number of rotatable bonds is 6. The van der Waals surface area contributed by atoms with Crippen LogP contribution in [-0.2, 0) is 14.8 Å². The van der Waals surface area contributed by atoms with Crippen LogP contribution >= 0.6 is 23.2 Å². The number of nitrogens with one attached hydrogen (secondary N) is 1. The Morgan fingerprint density at radius 3 is 2.46 bits per heavy atom. The van der Waals surface area contributed by atoms with Gasteiger partial charge in [-0.2, -0.15) is 5.10 Å². The third-order valence-electron chi connectivity index (χ3n) is 3.49. The van der Waals surface area contributed by atoms with Crippen LogP contribution in [0, 0.1) is 6.92 Å². The molecule has 0 unspecified atom stereocenters. The fourth-order valence-corrected chi connectivity index (χ4v) is 3.43. The van der Waals surface area contributed by atoms with E-state index < -0.39 is 22.5 Å². The van der Waals surface area contributed by atoms with Crippen molar-refractivity contribution in [2.75, 3.05) is 17.1 Å². The molecule has 9 heteroatoms. The Labute approximate surface area is 162 Å². The molecule has 1 N–H and O–H groups in total. The monoisotopic (exact) mass is 413 g/mol. The van der Waals surface area contributed by atoms with Crippen LogP contribution in [0.25, 0.3) is 0 Å². The summed E-state index contributed by atoms with van der Waals surface area (Å²) in [6, 6.07) is 11.8. The van der Waals surface area contributed by atoms with Gasteiger partial charge in [0, 0.05) is 15.6 Å². The number of benzene rings is 2. The van der Waals surface area contributed by atoms with Crippen molar-refractivity contribution < 1.29 is 13.2 Å². The zero-order valence-electron chi connectivity index (χ0n) is 14.1. The van der Waals surface area contributed by atoms with Crippen molar-refractivity contribution >= 4 is 51.0 Å². The van der Waals surface area contributed by atoms with E-state index >= 15 is 0 Å². The lowest BCUT2D eigenvalue weighted by Crippen LogP contribution is -2.39. The lowest BCUT2D eigenvalue weighted by Gasteiger charge is -2.23. The molecule has 138 valence electrons. The van der Waals surface area contributed by atoms with E-state index in [1.165, 1.54) is 6.21 Å². The van der Waals surface area contributed by atoms with E-state index in [9.17, 15) is 13.2 Å². The number of hydrogen-bond donors (Lipinski definition) is 1. The van der Waals surface area contributed by atoms with Gasteiger partial charge in [-0.3, -0.25) is 9.10 Å². The minimum atomic E-state index is -3.70. The highest BCUT2D eigenvalue weighted by Crippen LogP contribution is 2.27. The Morgan fingerprint density at radius 2 is 1.81 bits per heavy atom. The number of halogens is 2. The molecule has 0 aliphatic rings. The molecular formula is C17H17Cl2N3O3S. The lowest BCUT2D eigenvalue weighted by atomic mass is 10.2. The molecule has 6 nitrogen and oxygen atoms in total. The molecule has 0 spiro atoms. The second-order valence-corrected chi connectivity index (χ2v) is 8.19. The average Bonchev–Trinajstić information content (AvgIpc) is 2.56. The fraction of sp³-hybridized carbons (Fsp3) is 0.176. The average molecular weight is 414 g/mol. The summed E-state index contributed by atoms with van der Waals surface area (Å²) in [5, 5.41) is 4.71. The SMILES string of the molecule is Cc1c(Cl)cccc1N(CC(=O)N/N=C\c1ccccc1Cl)S(C)(=O)=O. The molecule has 0 saturated carbocycles. The van der Waals surface area contributed by atoms with Crippen molar-refractivity contribution in [3.63, 3.8) is 0 Å². The maximum atomic E-state index is 12.1. The first-order chi connectivity index (χ1) is 12.2. The van der Waals surface area contributed by atoms with E-state index in [4.69, 9.17) is 23.2 Å².